The molecular weight excluding hydrogens is 326 g/mol. The van der Waals surface area contributed by atoms with Gasteiger partial charge in [-0.1, -0.05) is 11.3 Å². The molecule has 1 aromatic rings. The molecule has 122 valence electrons. The monoisotopic (exact) mass is 345 g/mol. The molecule has 10 heteroatoms. The Hall–Kier alpha value is -1.10. The fourth-order valence-corrected chi connectivity index (χ4v) is 4.95. The highest BCUT2D eigenvalue weighted by molar-refractivity contribution is 7.91. The van der Waals surface area contributed by atoms with Crippen LogP contribution in [0.5, 0.6) is 0 Å². The van der Waals surface area contributed by atoms with E-state index in [4.69, 9.17) is 0 Å². The number of sulfonamides is 1. The number of hydrogen-bond donors (Lipinski definition) is 1. The second kappa shape index (κ2) is 6.19. The summed E-state index contributed by atoms with van der Waals surface area (Å²) in [6, 6.07) is 0. The number of nitrogens with zero attached hydrogens (tertiary/aromatic N) is 4. The molecule has 3 rings (SSSR count). The molecule has 1 aliphatic heterocycles. The highest BCUT2D eigenvalue weighted by Gasteiger charge is 2.33. The highest BCUT2D eigenvalue weighted by Crippen LogP contribution is 2.30. The standard InChI is InChI=1S/C12H19N5O3S2/c1-9(18)13-11-14-15-12(21-11)22(19,20)17-6-4-16(5-7-17)8-10-2-3-10/h10H,2-8H2,1H3,(H,13,14,18). The third kappa shape index (κ3) is 3.62. The van der Waals surface area contributed by atoms with Crippen LogP contribution in [0.3, 0.4) is 0 Å². The van der Waals surface area contributed by atoms with Crippen molar-refractivity contribution in [2.75, 3.05) is 38.0 Å². The normalized spacial score (nSPS) is 21.0. The Morgan fingerprint density at radius 1 is 1.27 bits per heavy atom. The summed E-state index contributed by atoms with van der Waals surface area (Å²) in [5.74, 6) is 0.514. The van der Waals surface area contributed by atoms with Crippen molar-refractivity contribution in [3.63, 3.8) is 0 Å². The molecule has 1 N–H and O–H groups in total. The second-order valence-electron chi connectivity index (χ2n) is 5.70. The molecular formula is C12H19N5O3S2. The number of piperazine rings is 1. The van der Waals surface area contributed by atoms with Gasteiger partial charge in [0.1, 0.15) is 0 Å². The van der Waals surface area contributed by atoms with Crippen molar-refractivity contribution >= 4 is 32.4 Å². The molecule has 1 saturated heterocycles. The van der Waals surface area contributed by atoms with Crippen molar-refractivity contribution in [1.82, 2.24) is 19.4 Å². The first-order valence-corrected chi connectivity index (χ1v) is 9.54. The van der Waals surface area contributed by atoms with E-state index in [2.05, 4.69) is 20.4 Å². The molecule has 2 heterocycles. The number of carbonyl (C=O) groups excluding carboxylic acids is 1. The van der Waals surface area contributed by atoms with E-state index in [0.717, 1.165) is 36.9 Å². The zero-order valence-electron chi connectivity index (χ0n) is 12.4. The number of nitrogens with one attached hydrogen (secondary N) is 1. The summed E-state index contributed by atoms with van der Waals surface area (Å²) in [6.45, 7) is 4.89. The molecule has 0 bridgehead atoms. The van der Waals surface area contributed by atoms with Crippen LogP contribution >= 0.6 is 11.3 Å². The van der Waals surface area contributed by atoms with E-state index in [-0.39, 0.29) is 15.4 Å². The Balaban J connectivity index is 1.62. The third-order valence-electron chi connectivity index (χ3n) is 3.79. The zero-order chi connectivity index (χ0) is 15.7. The molecule has 1 amide bonds. The van der Waals surface area contributed by atoms with Gasteiger partial charge in [0.2, 0.25) is 15.4 Å². The molecule has 0 atom stereocenters. The van der Waals surface area contributed by atoms with E-state index in [0.29, 0.717) is 13.1 Å². The maximum Gasteiger partial charge on any atom is 0.272 e. The Morgan fingerprint density at radius 2 is 1.95 bits per heavy atom. The minimum atomic E-state index is -3.61. The summed E-state index contributed by atoms with van der Waals surface area (Å²) < 4.78 is 26.5. The van der Waals surface area contributed by atoms with Crippen molar-refractivity contribution in [1.29, 1.82) is 0 Å². The van der Waals surface area contributed by atoms with Gasteiger partial charge in [-0.05, 0) is 18.8 Å². The van der Waals surface area contributed by atoms with Crippen LogP contribution in [0, 0.1) is 5.92 Å². The van der Waals surface area contributed by atoms with Crippen molar-refractivity contribution < 1.29 is 13.2 Å². The molecule has 0 spiro atoms. The van der Waals surface area contributed by atoms with Gasteiger partial charge in [0.15, 0.2) is 0 Å². The lowest BCUT2D eigenvalue weighted by atomic mass is 10.3. The summed E-state index contributed by atoms with van der Waals surface area (Å²) in [5.41, 5.74) is 0. The van der Waals surface area contributed by atoms with Crippen molar-refractivity contribution in [3.8, 4) is 0 Å². The van der Waals surface area contributed by atoms with Crippen LogP contribution in [0.15, 0.2) is 4.34 Å². The highest BCUT2D eigenvalue weighted by atomic mass is 32.2. The summed E-state index contributed by atoms with van der Waals surface area (Å²) in [6.07, 6.45) is 2.60. The molecule has 2 aliphatic rings. The topological polar surface area (TPSA) is 95.5 Å². The van der Waals surface area contributed by atoms with Gasteiger partial charge in [-0.3, -0.25) is 4.79 Å². The number of carbonyl (C=O) groups is 1. The van der Waals surface area contributed by atoms with E-state index in [1.54, 1.807) is 0 Å². The maximum absolute atomic E-state index is 12.5. The van der Waals surface area contributed by atoms with Crippen molar-refractivity contribution in [2.45, 2.75) is 24.1 Å². The lowest BCUT2D eigenvalue weighted by molar-refractivity contribution is -0.114. The van der Waals surface area contributed by atoms with Crippen LogP contribution in [-0.2, 0) is 14.8 Å². The summed E-state index contributed by atoms with van der Waals surface area (Å²) >= 11 is 0.886. The molecule has 8 nitrogen and oxygen atoms in total. The van der Waals surface area contributed by atoms with Gasteiger partial charge in [-0.2, -0.15) is 4.31 Å². The molecule has 1 aromatic heterocycles. The Bertz CT molecular complexity index is 647. The largest absolute Gasteiger partial charge is 0.301 e. The average Bonchev–Trinajstić information content (AvgIpc) is 3.14. The predicted molar refractivity (Wildman–Crippen MR) is 82.1 cm³/mol. The van der Waals surface area contributed by atoms with E-state index >= 15 is 0 Å². The van der Waals surface area contributed by atoms with Gasteiger partial charge in [0.05, 0.1) is 0 Å². The summed E-state index contributed by atoms with van der Waals surface area (Å²) in [5, 5.41) is 10.1. The molecule has 0 radical (unpaired) electrons. The molecule has 1 aliphatic carbocycles. The SMILES string of the molecule is CC(=O)Nc1nnc(S(=O)(=O)N2CCN(CC3CC3)CC2)s1. The second-order valence-corrected chi connectivity index (χ2v) is 8.79. The molecule has 1 saturated carbocycles. The smallest absolute Gasteiger partial charge is 0.272 e. The minimum Gasteiger partial charge on any atom is -0.301 e. The molecule has 0 unspecified atom stereocenters. The van der Waals surface area contributed by atoms with Gasteiger partial charge in [0, 0.05) is 39.6 Å². The van der Waals surface area contributed by atoms with Crippen LogP contribution < -0.4 is 5.32 Å². The molecule has 2 fully saturated rings. The van der Waals surface area contributed by atoms with E-state index in [1.165, 1.54) is 24.1 Å². The van der Waals surface area contributed by atoms with Crippen molar-refractivity contribution in [3.05, 3.63) is 0 Å². The Kier molecular flexibility index (Phi) is 4.44. The minimum absolute atomic E-state index is 0.0631. The zero-order valence-corrected chi connectivity index (χ0v) is 14.0. The van der Waals surface area contributed by atoms with Gasteiger partial charge < -0.3 is 10.2 Å². The summed E-state index contributed by atoms with van der Waals surface area (Å²) in [7, 11) is -3.61. The third-order valence-corrected chi connectivity index (χ3v) is 6.88. The van der Waals surface area contributed by atoms with Crippen molar-refractivity contribution in [2.24, 2.45) is 5.92 Å². The first kappa shape index (κ1) is 15.8. The Morgan fingerprint density at radius 3 is 2.55 bits per heavy atom. The first-order chi connectivity index (χ1) is 10.4. The first-order valence-electron chi connectivity index (χ1n) is 7.29. The number of anilines is 1. The van der Waals surface area contributed by atoms with Gasteiger partial charge in [0.25, 0.3) is 10.0 Å². The van der Waals surface area contributed by atoms with Gasteiger partial charge in [-0.25, -0.2) is 8.42 Å². The van der Waals surface area contributed by atoms with E-state index in [9.17, 15) is 13.2 Å². The van der Waals surface area contributed by atoms with Crippen LogP contribution in [0.25, 0.3) is 0 Å². The number of aromatic nitrogens is 2. The number of rotatable bonds is 5. The summed E-state index contributed by atoms with van der Waals surface area (Å²) in [4.78, 5) is 13.3. The lowest BCUT2D eigenvalue weighted by Crippen LogP contribution is -2.49. The van der Waals surface area contributed by atoms with E-state index < -0.39 is 10.0 Å². The predicted octanol–water partition coefficient (Wildman–Crippen LogP) is 0.213. The molecule has 22 heavy (non-hydrogen) atoms. The van der Waals surface area contributed by atoms with Crippen LogP contribution in [0.4, 0.5) is 5.13 Å². The van der Waals surface area contributed by atoms with E-state index in [1.807, 2.05) is 0 Å². The number of amides is 1. The fourth-order valence-electron chi connectivity index (χ4n) is 2.44. The Labute approximate surface area is 133 Å². The quantitative estimate of drug-likeness (QED) is 0.767. The van der Waals surface area contributed by atoms with Crippen LogP contribution in [0.1, 0.15) is 19.8 Å². The van der Waals surface area contributed by atoms with Gasteiger partial charge >= 0.3 is 0 Å². The molecule has 0 aromatic carbocycles. The average molecular weight is 345 g/mol. The van der Waals surface area contributed by atoms with Gasteiger partial charge in [-0.15, -0.1) is 10.2 Å². The lowest BCUT2D eigenvalue weighted by Gasteiger charge is -2.33. The number of hydrogen-bond acceptors (Lipinski definition) is 7. The fraction of sp³-hybridized carbons (Fsp3) is 0.750. The maximum atomic E-state index is 12.5. The van der Waals surface area contributed by atoms with Crippen LogP contribution in [0.2, 0.25) is 0 Å². The van der Waals surface area contributed by atoms with Crippen LogP contribution in [-0.4, -0.2) is 66.5 Å².